The minimum Gasteiger partial charge on any atom is -0.477 e. The molecule has 15 nitrogen and oxygen atoms in total. The molecule has 15 heteroatoms. The fourth-order valence-corrected chi connectivity index (χ4v) is 5.28. The largest absolute Gasteiger partial charge is 0.477 e. The van der Waals surface area contributed by atoms with Gasteiger partial charge in [0.15, 0.2) is 0 Å². The van der Waals surface area contributed by atoms with Gasteiger partial charge in [-0.05, 0) is 29.3 Å². The number of hydrogen-bond donors (Lipinski definition) is 6. The second-order valence-electron chi connectivity index (χ2n) is 10.9. The van der Waals surface area contributed by atoms with Gasteiger partial charge in [-0.1, -0.05) is 48.5 Å². The molecule has 1 aliphatic heterocycles. The highest BCUT2D eigenvalue weighted by molar-refractivity contribution is 5.95. The van der Waals surface area contributed by atoms with E-state index in [4.69, 9.17) is 9.47 Å². The Morgan fingerprint density at radius 2 is 1.62 bits per heavy atom. The quantitative estimate of drug-likeness (QED) is 0.121. The molecule has 0 spiro atoms. The number of carbonyl (C=O) groups is 4. The third-order valence-corrected chi connectivity index (χ3v) is 7.72. The number of ether oxygens (including phenoxy) is 2. The number of aliphatic carboxylic acids is 1. The maximum Gasteiger partial charge on any atom is 0.364 e. The van der Waals surface area contributed by atoms with Crippen LogP contribution < -0.4 is 16.0 Å². The van der Waals surface area contributed by atoms with Gasteiger partial charge in [0.1, 0.15) is 12.2 Å². The Kier molecular flexibility index (Phi) is 11.0. The first-order valence-corrected chi connectivity index (χ1v) is 14.4. The number of hydrogen-bond acceptors (Lipinski definition) is 10. The molecular weight excluding hydrogens is 616 g/mol. The topological polar surface area (TPSA) is 227 Å². The lowest BCUT2D eigenvalue weighted by molar-refractivity contribution is -0.384. The number of aliphatic hydroxyl groups excluding tert-OH is 2. The zero-order valence-corrected chi connectivity index (χ0v) is 25.4. The van der Waals surface area contributed by atoms with Gasteiger partial charge in [-0.2, -0.15) is 0 Å². The number of amides is 3. The number of non-ortho nitro benzene ring substituents is 1. The Morgan fingerprint density at radius 3 is 2.21 bits per heavy atom. The normalized spacial score (nSPS) is 21.9. The first kappa shape index (κ1) is 34.6. The van der Waals surface area contributed by atoms with Crippen molar-refractivity contribution in [3.05, 3.63) is 100 Å². The van der Waals surface area contributed by atoms with Crippen molar-refractivity contribution in [2.75, 3.05) is 13.7 Å². The molecule has 1 aliphatic rings. The van der Waals surface area contributed by atoms with E-state index >= 15 is 0 Å². The summed E-state index contributed by atoms with van der Waals surface area (Å²) in [6.45, 7) is 0.628. The third-order valence-electron chi connectivity index (χ3n) is 7.72. The fraction of sp³-hybridized carbons (Fsp3) is 0.312. The summed E-state index contributed by atoms with van der Waals surface area (Å²) in [6.07, 6.45) is -5.95. The van der Waals surface area contributed by atoms with Gasteiger partial charge in [0.05, 0.1) is 23.1 Å². The number of rotatable bonds is 12. The van der Waals surface area contributed by atoms with Gasteiger partial charge < -0.3 is 40.7 Å². The van der Waals surface area contributed by atoms with Crippen LogP contribution in [-0.2, 0) is 19.1 Å². The number of methoxy groups -OCH3 is 1. The van der Waals surface area contributed by atoms with Crippen molar-refractivity contribution in [2.45, 2.75) is 49.5 Å². The standard InChI is InChI=1S/C32H34N4O11/c1-18(37)34-26-24(35-30(41)22-9-6-10-23(15-22)36(44)45)16-32(46-2,31(42)43)47-28(26)27(39)25(38)17-33-29(40)21-13-11-20(12-14-21)19-7-4-3-5-8-19/h3-15,24-28,38-39H,16-17H2,1-2H3,(H,33,40)(H,34,37)(H,35,41)(H,42,43)/t24-,25+,26+,27+,28+,32+/m0/s1. The van der Waals surface area contributed by atoms with Crippen molar-refractivity contribution in [3.8, 4) is 11.1 Å². The fourth-order valence-electron chi connectivity index (χ4n) is 5.28. The molecule has 3 aromatic rings. The molecule has 0 radical (unpaired) electrons. The van der Waals surface area contributed by atoms with Gasteiger partial charge in [-0.25, -0.2) is 4.79 Å². The molecule has 6 atom stereocenters. The van der Waals surface area contributed by atoms with E-state index < -0.39 is 77.8 Å². The molecule has 47 heavy (non-hydrogen) atoms. The van der Waals surface area contributed by atoms with Gasteiger partial charge in [0, 0.05) is 50.3 Å². The second-order valence-corrected chi connectivity index (χ2v) is 10.9. The van der Waals surface area contributed by atoms with Crippen molar-refractivity contribution in [1.82, 2.24) is 16.0 Å². The van der Waals surface area contributed by atoms with Crippen LogP contribution >= 0.6 is 0 Å². The Morgan fingerprint density at radius 1 is 0.957 bits per heavy atom. The van der Waals surface area contributed by atoms with Gasteiger partial charge in [0.25, 0.3) is 23.3 Å². The summed E-state index contributed by atoms with van der Waals surface area (Å²) in [6, 6.07) is 18.3. The number of carboxylic acid groups (broad SMARTS) is 1. The maximum absolute atomic E-state index is 13.2. The number of nitrogens with zero attached hydrogens (tertiary/aromatic N) is 1. The Balaban J connectivity index is 1.54. The number of nitro benzene ring substituents is 1. The van der Waals surface area contributed by atoms with Crippen LogP contribution in [0.25, 0.3) is 11.1 Å². The van der Waals surface area contributed by atoms with Crippen LogP contribution in [0.3, 0.4) is 0 Å². The number of aliphatic hydroxyl groups is 2. The summed E-state index contributed by atoms with van der Waals surface area (Å²) in [5.41, 5.74) is 1.59. The first-order valence-electron chi connectivity index (χ1n) is 14.4. The number of benzene rings is 3. The molecule has 1 saturated heterocycles. The lowest BCUT2D eigenvalue weighted by Crippen LogP contribution is -2.71. The van der Waals surface area contributed by atoms with E-state index in [0.29, 0.717) is 0 Å². The molecule has 6 N–H and O–H groups in total. The zero-order valence-electron chi connectivity index (χ0n) is 25.4. The van der Waals surface area contributed by atoms with Crippen molar-refractivity contribution in [1.29, 1.82) is 0 Å². The highest BCUT2D eigenvalue weighted by Crippen LogP contribution is 2.33. The smallest absolute Gasteiger partial charge is 0.364 e. The molecule has 0 unspecified atom stereocenters. The highest BCUT2D eigenvalue weighted by atomic mass is 16.7. The molecule has 0 bridgehead atoms. The van der Waals surface area contributed by atoms with E-state index in [9.17, 15) is 44.6 Å². The monoisotopic (exact) mass is 650 g/mol. The van der Waals surface area contributed by atoms with Gasteiger partial charge in [-0.3, -0.25) is 24.5 Å². The average Bonchev–Trinajstić information content (AvgIpc) is 3.07. The summed E-state index contributed by atoms with van der Waals surface area (Å²) < 4.78 is 10.9. The molecule has 4 rings (SSSR count). The number of nitrogens with one attached hydrogen (secondary N) is 3. The summed E-state index contributed by atoms with van der Waals surface area (Å²) in [5, 5.41) is 51.0. The third kappa shape index (κ3) is 8.14. The van der Waals surface area contributed by atoms with Gasteiger partial charge in [0.2, 0.25) is 5.91 Å². The van der Waals surface area contributed by atoms with Crippen LogP contribution in [0, 0.1) is 10.1 Å². The molecule has 3 amide bonds. The van der Waals surface area contributed by atoms with E-state index in [1.54, 1.807) is 24.3 Å². The molecule has 0 saturated carbocycles. The van der Waals surface area contributed by atoms with E-state index in [1.807, 2.05) is 30.3 Å². The molecule has 0 aromatic heterocycles. The van der Waals surface area contributed by atoms with Crippen molar-refractivity contribution < 1.29 is 48.9 Å². The van der Waals surface area contributed by atoms with E-state index in [0.717, 1.165) is 31.2 Å². The molecule has 1 heterocycles. The van der Waals surface area contributed by atoms with E-state index in [1.165, 1.54) is 18.2 Å². The Bertz CT molecular complexity index is 1620. The van der Waals surface area contributed by atoms with E-state index in [2.05, 4.69) is 16.0 Å². The minimum atomic E-state index is -2.45. The number of carbonyl (C=O) groups excluding carboxylic acids is 3. The Labute approximate surface area is 268 Å². The van der Waals surface area contributed by atoms with Crippen molar-refractivity contribution >= 4 is 29.4 Å². The first-order chi connectivity index (χ1) is 22.3. The van der Waals surface area contributed by atoms with Crippen LogP contribution in [0.4, 0.5) is 5.69 Å². The van der Waals surface area contributed by atoms with Crippen LogP contribution in [0.1, 0.15) is 34.1 Å². The maximum atomic E-state index is 13.2. The molecular formula is C32H34N4O11. The molecule has 0 aliphatic carbocycles. The van der Waals surface area contributed by atoms with Crippen LogP contribution in [0.2, 0.25) is 0 Å². The lowest BCUT2D eigenvalue weighted by Gasteiger charge is -2.47. The summed E-state index contributed by atoms with van der Waals surface area (Å²) in [5.74, 6) is -6.16. The molecule has 3 aromatic carbocycles. The average molecular weight is 651 g/mol. The molecule has 248 valence electrons. The second kappa shape index (κ2) is 14.9. The van der Waals surface area contributed by atoms with Gasteiger partial charge >= 0.3 is 5.97 Å². The van der Waals surface area contributed by atoms with Crippen molar-refractivity contribution in [2.24, 2.45) is 0 Å². The van der Waals surface area contributed by atoms with E-state index in [-0.39, 0.29) is 16.8 Å². The predicted octanol–water partition coefficient (Wildman–Crippen LogP) is 1.23. The van der Waals surface area contributed by atoms with Crippen molar-refractivity contribution in [3.63, 3.8) is 0 Å². The summed E-state index contributed by atoms with van der Waals surface area (Å²) >= 11 is 0. The van der Waals surface area contributed by atoms with Crippen LogP contribution in [0.5, 0.6) is 0 Å². The summed E-state index contributed by atoms with van der Waals surface area (Å²) in [7, 11) is 1.02. The van der Waals surface area contributed by atoms with Crippen LogP contribution in [-0.4, -0.2) is 93.8 Å². The lowest BCUT2D eigenvalue weighted by atomic mass is 9.86. The minimum absolute atomic E-state index is 0.137. The SMILES string of the molecule is CO[C@]1(C(=O)O)C[C@H](NC(=O)c2cccc([N+](=O)[O-])c2)[C@@H](NC(C)=O)[C@H]([C@H](O)[C@H](O)CNC(=O)c2ccc(-c3ccccc3)cc2)O1. The highest BCUT2D eigenvalue weighted by Gasteiger charge is 2.56. The summed E-state index contributed by atoms with van der Waals surface area (Å²) in [4.78, 5) is 61.1. The predicted molar refractivity (Wildman–Crippen MR) is 165 cm³/mol. The number of nitro groups is 1. The van der Waals surface area contributed by atoms with Gasteiger partial charge in [-0.15, -0.1) is 0 Å². The zero-order chi connectivity index (χ0) is 34.3. The van der Waals surface area contributed by atoms with Crippen LogP contribution in [0.15, 0.2) is 78.9 Å². The Hall–Kier alpha value is -5.22. The number of carboxylic acids is 1. The molecule has 1 fully saturated rings.